The van der Waals surface area contributed by atoms with Crippen LogP contribution >= 0.6 is 0 Å². The molecular formula is C22H23FN2O3. The molecule has 6 heteroatoms. The van der Waals surface area contributed by atoms with Gasteiger partial charge in [-0.1, -0.05) is 6.07 Å². The zero-order valence-corrected chi connectivity index (χ0v) is 16.5. The van der Waals surface area contributed by atoms with Gasteiger partial charge in [0.2, 0.25) is 0 Å². The Morgan fingerprint density at radius 1 is 1.18 bits per heavy atom. The molecule has 2 aromatic rings. The summed E-state index contributed by atoms with van der Waals surface area (Å²) in [7, 11) is 1.53. The first-order valence-electron chi connectivity index (χ1n) is 9.10. The van der Waals surface area contributed by atoms with Crippen LogP contribution in [-0.4, -0.2) is 30.2 Å². The Morgan fingerprint density at radius 2 is 1.89 bits per heavy atom. The Kier molecular flexibility index (Phi) is 5.28. The van der Waals surface area contributed by atoms with Crippen molar-refractivity contribution in [2.24, 2.45) is 0 Å². The molecule has 0 radical (unpaired) electrons. The molecule has 0 fully saturated rings. The molecule has 0 atom stereocenters. The number of amides is 1. The van der Waals surface area contributed by atoms with Crippen LogP contribution < -0.4 is 4.74 Å². The molecule has 1 heterocycles. The van der Waals surface area contributed by atoms with Crippen molar-refractivity contribution in [1.82, 2.24) is 4.90 Å². The van der Waals surface area contributed by atoms with Gasteiger partial charge in [0.05, 0.1) is 18.7 Å². The van der Waals surface area contributed by atoms with Gasteiger partial charge in [-0.15, -0.1) is 0 Å². The average molecular weight is 382 g/mol. The fraction of sp³-hybridized carbons (Fsp3) is 0.364. The Morgan fingerprint density at radius 3 is 2.54 bits per heavy atom. The Balaban J connectivity index is 2.04. The molecule has 0 saturated carbocycles. The number of ether oxygens (including phenoxy) is 2. The topological polar surface area (TPSA) is 62.6 Å². The van der Waals surface area contributed by atoms with E-state index in [1.807, 2.05) is 20.8 Å². The summed E-state index contributed by atoms with van der Waals surface area (Å²) >= 11 is 0. The maximum Gasteiger partial charge on any atom is 0.410 e. The number of carbonyl (C=O) groups is 1. The monoisotopic (exact) mass is 382 g/mol. The molecule has 1 aliphatic heterocycles. The van der Waals surface area contributed by atoms with E-state index in [0.29, 0.717) is 29.8 Å². The second-order valence-electron chi connectivity index (χ2n) is 7.73. The van der Waals surface area contributed by atoms with Crippen LogP contribution in [0, 0.1) is 17.1 Å². The van der Waals surface area contributed by atoms with Crippen LogP contribution in [0.15, 0.2) is 30.3 Å². The number of methoxy groups -OCH3 is 1. The highest BCUT2D eigenvalue weighted by molar-refractivity contribution is 5.77. The second-order valence-corrected chi connectivity index (χ2v) is 7.73. The minimum Gasteiger partial charge on any atom is -0.496 e. The lowest BCUT2D eigenvalue weighted by Gasteiger charge is -2.32. The summed E-state index contributed by atoms with van der Waals surface area (Å²) < 4.78 is 25.4. The summed E-state index contributed by atoms with van der Waals surface area (Å²) in [5, 5.41) is 9.12. The predicted molar refractivity (Wildman–Crippen MR) is 103 cm³/mol. The number of hydrogen-bond acceptors (Lipinski definition) is 4. The first-order chi connectivity index (χ1) is 13.2. The Labute approximate surface area is 164 Å². The first-order valence-corrected chi connectivity index (χ1v) is 9.10. The van der Waals surface area contributed by atoms with Gasteiger partial charge in [-0.2, -0.15) is 5.26 Å². The number of halogens is 1. The predicted octanol–water partition coefficient (Wildman–Crippen LogP) is 4.67. The normalized spacial score (nSPS) is 13.5. The summed E-state index contributed by atoms with van der Waals surface area (Å²) in [5.41, 5.74) is 2.75. The van der Waals surface area contributed by atoms with Gasteiger partial charge in [0.1, 0.15) is 17.2 Å². The van der Waals surface area contributed by atoms with Crippen LogP contribution in [0.5, 0.6) is 5.75 Å². The molecule has 1 aliphatic rings. The maximum atomic E-state index is 14.5. The molecule has 146 valence electrons. The summed E-state index contributed by atoms with van der Waals surface area (Å²) in [6, 6.07) is 10.4. The standard InChI is InChI=1S/C22H23FN2O3/c1-22(2,3)28-21(26)25-10-9-16-18(13-25)15(7-8-19(16)23)17-6-5-14(12-24)11-20(17)27-4/h5-8,11H,9-10,13H2,1-4H3. The van der Waals surface area contributed by atoms with E-state index >= 15 is 0 Å². The lowest BCUT2D eigenvalue weighted by Crippen LogP contribution is -2.40. The molecule has 2 aromatic carbocycles. The third kappa shape index (κ3) is 3.94. The quantitative estimate of drug-likeness (QED) is 0.757. The minimum atomic E-state index is -0.599. The second kappa shape index (κ2) is 7.51. The van der Waals surface area contributed by atoms with E-state index in [1.54, 1.807) is 29.2 Å². The van der Waals surface area contributed by atoms with Crippen LogP contribution in [0.1, 0.15) is 37.5 Å². The van der Waals surface area contributed by atoms with Crippen LogP contribution in [0.4, 0.5) is 9.18 Å². The highest BCUT2D eigenvalue weighted by Gasteiger charge is 2.29. The molecule has 0 bridgehead atoms. The Bertz CT molecular complexity index is 957. The van der Waals surface area contributed by atoms with Gasteiger partial charge >= 0.3 is 6.09 Å². The molecule has 0 aliphatic carbocycles. The van der Waals surface area contributed by atoms with E-state index < -0.39 is 11.7 Å². The molecule has 0 unspecified atom stereocenters. The molecule has 0 aromatic heterocycles. The molecule has 0 spiro atoms. The zero-order chi connectivity index (χ0) is 20.5. The van der Waals surface area contributed by atoms with Crippen molar-refractivity contribution in [3.05, 3.63) is 52.8 Å². The van der Waals surface area contributed by atoms with Gasteiger partial charge in [-0.05, 0) is 68.1 Å². The largest absolute Gasteiger partial charge is 0.496 e. The fourth-order valence-corrected chi connectivity index (χ4v) is 3.35. The highest BCUT2D eigenvalue weighted by atomic mass is 19.1. The molecule has 28 heavy (non-hydrogen) atoms. The number of carbonyl (C=O) groups excluding carboxylic acids is 1. The molecule has 5 nitrogen and oxygen atoms in total. The van der Waals surface area contributed by atoms with Gasteiger partial charge in [0, 0.05) is 18.7 Å². The van der Waals surface area contributed by atoms with Gasteiger partial charge in [-0.25, -0.2) is 9.18 Å². The van der Waals surface area contributed by atoms with Crippen molar-refractivity contribution < 1.29 is 18.7 Å². The van der Waals surface area contributed by atoms with Gasteiger partial charge in [0.25, 0.3) is 0 Å². The molecule has 0 N–H and O–H groups in total. The molecular weight excluding hydrogens is 359 g/mol. The number of rotatable bonds is 2. The van der Waals surface area contributed by atoms with Crippen molar-refractivity contribution in [2.45, 2.75) is 39.3 Å². The van der Waals surface area contributed by atoms with Gasteiger partial charge in [0.15, 0.2) is 0 Å². The SMILES string of the molecule is COc1cc(C#N)ccc1-c1ccc(F)c2c1CN(C(=O)OC(C)(C)C)CC2. The van der Waals surface area contributed by atoms with Gasteiger partial charge in [-0.3, -0.25) is 0 Å². The van der Waals surface area contributed by atoms with Crippen molar-refractivity contribution in [3.63, 3.8) is 0 Å². The van der Waals surface area contributed by atoms with Crippen molar-refractivity contribution >= 4 is 6.09 Å². The lowest BCUT2D eigenvalue weighted by molar-refractivity contribution is 0.0223. The van der Waals surface area contributed by atoms with Gasteiger partial charge < -0.3 is 14.4 Å². The molecule has 0 saturated heterocycles. The van der Waals surface area contributed by atoms with E-state index in [9.17, 15) is 9.18 Å². The number of nitriles is 1. The highest BCUT2D eigenvalue weighted by Crippen LogP contribution is 2.37. The fourth-order valence-electron chi connectivity index (χ4n) is 3.35. The summed E-state index contributed by atoms with van der Waals surface area (Å²) in [6.07, 6.45) is -0.00696. The van der Waals surface area contributed by atoms with E-state index in [2.05, 4.69) is 6.07 Å². The summed E-state index contributed by atoms with van der Waals surface area (Å²) in [6.45, 7) is 6.09. The molecule has 3 rings (SSSR count). The molecule has 1 amide bonds. The third-order valence-electron chi connectivity index (χ3n) is 4.63. The maximum absolute atomic E-state index is 14.5. The van der Waals surface area contributed by atoms with Crippen LogP contribution in [-0.2, 0) is 17.7 Å². The first kappa shape index (κ1) is 19.7. The van der Waals surface area contributed by atoms with Crippen LogP contribution in [0.2, 0.25) is 0 Å². The van der Waals surface area contributed by atoms with Crippen molar-refractivity contribution in [2.75, 3.05) is 13.7 Å². The van der Waals surface area contributed by atoms with Crippen molar-refractivity contribution in [3.8, 4) is 22.9 Å². The van der Waals surface area contributed by atoms with E-state index in [4.69, 9.17) is 14.7 Å². The number of hydrogen-bond donors (Lipinski definition) is 0. The van der Waals surface area contributed by atoms with Crippen LogP contribution in [0.25, 0.3) is 11.1 Å². The summed E-state index contributed by atoms with van der Waals surface area (Å²) in [5.74, 6) is 0.248. The zero-order valence-electron chi connectivity index (χ0n) is 16.5. The smallest absolute Gasteiger partial charge is 0.410 e. The average Bonchev–Trinajstić information content (AvgIpc) is 2.66. The minimum absolute atomic E-state index is 0.250. The Hall–Kier alpha value is -3.07. The lowest BCUT2D eigenvalue weighted by atomic mass is 9.90. The number of nitrogens with zero attached hydrogens (tertiary/aromatic N) is 2. The number of benzene rings is 2. The van der Waals surface area contributed by atoms with Crippen LogP contribution in [0.3, 0.4) is 0 Å². The van der Waals surface area contributed by atoms with Crippen molar-refractivity contribution in [1.29, 1.82) is 5.26 Å². The third-order valence-corrected chi connectivity index (χ3v) is 4.63. The number of fused-ring (bicyclic) bond motifs is 1. The van der Waals surface area contributed by atoms with E-state index in [0.717, 1.165) is 16.7 Å². The van der Waals surface area contributed by atoms with E-state index in [-0.39, 0.29) is 12.4 Å². The van der Waals surface area contributed by atoms with E-state index in [1.165, 1.54) is 13.2 Å². The summed E-state index contributed by atoms with van der Waals surface area (Å²) in [4.78, 5) is 14.1.